The Bertz CT molecular complexity index is 842. The molecular weight excluding hydrogens is 300 g/mol. The molecule has 3 aromatic rings. The summed E-state index contributed by atoms with van der Waals surface area (Å²) in [6.07, 6.45) is 0. The van der Waals surface area contributed by atoms with Crippen LogP contribution in [0.4, 0.5) is 0 Å². The van der Waals surface area contributed by atoms with E-state index >= 15 is 0 Å². The zero-order valence-corrected chi connectivity index (χ0v) is 14.5. The first-order valence-electron chi connectivity index (χ1n) is 7.87. The number of benzene rings is 2. The van der Waals surface area contributed by atoms with Crippen LogP contribution in [0.15, 0.2) is 48.5 Å². The smallest absolute Gasteiger partial charge is 0.121 e. The SMILES string of the molecule is COc1ccc(-c2cc(CN(C)C)c3ccc(OC)cc3n2)cc1. The second kappa shape index (κ2) is 6.89. The molecular formula is C20H22N2O2. The van der Waals surface area contributed by atoms with Gasteiger partial charge in [0.05, 0.1) is 25.4 Å². The van der Waals surface area contributed by atoms with Crippen molar-refractivity contribution >= 4 is 10.9 Å². The highest BCUT2D eigenvalue weighted by atomic mass is 16.5. The van der Waals surface area contributed by atoms with Crippen LogP contribution >= 0.6 is 0 Å². The Kier molecular flexibility index (Phi) is 4.67. The third-order valence-corrected chi connectivity index (χ3v) is 3.98. The van der Waals surface area contributed by atoms with Crippen molar-refractivity contribution in [2.24, 2.45) is 0 Å². The molecule has 0 fully saturated rings. The van der Waals surface area contributed by atoms with Crippen molar-refractivity contribution in [3.8, 4) is 22.8 Å². The highest BCUT2D eigenvalue weighted by Gasteiger charge is 2.10. The lowest BCUT2D eigenvalue weighted by Gasteiger charge is -2.15. The number of nitrogens with zero attached hydrogens (tertiary/aromatic N) is 2. The van der Waals surface area contributed by atoms with E-state index < -0.39 is 0 Å². The van der Waals surface area contributed by atoms with Gasteiger partial charge in [-0.1, -0.05) is 0 Å². The van der Waals surface area contributed by atoms with Crippen LogP contribution in [0.1, 0.15) is 5.56 Å². The van der Waals surface area contributed by atoms with Gasteiger partial charge in [0.15, 0.2) is 0 Å². The molecule has 4 nitrogen and oxygen atoms in total. The summed E-state index contributed by atoms with van der Waals surface area (Å²) in [6, 6.07) is 16.2. The molecule has 0 radical (unpaired) electrons. The molecule has 0 aliphatic carbocycles. The molecule has 0 unspecified atom stereocenters. The molecule has 1 heterocycles. The van der Waals surface area contributed by atoms with Crippen molar-refractivity contribution in [3.05, 3.63) is 54.1 Å². The monoisotopic (exact) mass is 322 g/mol. The molecule has 3 rings (SSSR count). The Morgan fingerprint density at radius 2 is 1.54 bits per heavy atom. The molecule has 0 N–H and O–H groups in total. The summed E-state index contributed by atoms with van der Waals surface area (Å²) in [5, 5.41) is 1.15. The van der Waals surface area contributed by atoms with E-state index in [0.717, 1.165) is 40.2 Å². The van der Waals surface area contributed by atoms with E-state index in [4.69, 9.17) is 14.5 Å². The summed E-state index contributed by atoms with van der Waals surface area (Å²) in [5.41, 5.74) is 4.22. The summed E-state index contributed by atoms with van der Waals surface area (Å²) in [4.78, 5) is 7.00. The van der Waals surface area contributed by atoms with Crippen molar-refractivity contribution in [2.75, 3.05) is 28.3 Å². The number of fused-ring (bicyclic) bond motifs is 1. The van der Waals surface area contributed by atoms with Crippen LogP contribution in [0.2, 0.25) is 0 Å². The number of methoxy groups -OCH3 is 2. The van der Waals surface area contributed by atoms with Crippen molar-refractivity contribution < 1.29 is 9.47 Å². The Morgan fingerprint density at radius 1 is 0.875 bits per heavy atom. The average molecular weight is 322 g/mol. The van der Waals surface area contributed by atoms with Gasteiger partial charge >= 0.3 is 0 Å². The van der Waals surface area contributed by atoms with Crippen LogP contribution in [0.5, 0.6) is 11.5 Å². The predicted octanol–water partition coefficient (Wildman–Crippen LogP) is 3.98. The van der Waals surface area contributed by atoms with Gasteiger partial charge in [-0.2, -0.15) is 0 Å². The summed E-state index contributed by atoms with van der Waals surface area (Å²) in [6.45, 7) is 0.856. The molecule has 2 aromatic carbocycles. The van der Waals surface area contributed by atoms with Crippen molar-refractivity contribution in [1.82, 2.24) is 9.88 Å². The van der Waals surface area contributed by atoms with E-state index in [2.05, 4.69) is 31.1 Å². The Balaban J connectivity index is 2.15. The lowest BCUT2D eigenvalue weighted by Crippen LogP contribution is -2.11. The third kappa shape index (κ3) is 3.34. The molecule has 0 spiro atoms. The minimum Gasteiger partial charge on any atom is -0.497 e. The van der Waals surface area contributed by atoms with E-state index in [1.54, 1.807) is 14.2 Å². The normalized spacial score (nSPS) is 11.0. The number of ether oxygens (including phenoxy) is 2. The lowest BCUT2D eigenvalue weighted by atomic mass is 10.0. The summed E-state index contributed by atoms with van der Waals surface area (Å²) >= 11 is 0. The van der Waals surface area contributed by atoms with Crippen LogP contribution in [0.25, 0.3) is 22.2 Å². The molecule has 0 atom stereocenters. The molecule has 0 aliphatic heterocycles. The largest absolute Gasteiger partial charge is 0.497 e. The number of aromatic nitrogens is 1. The van der Waals surface area contributed by atoms with Crippen LogP contribution in [-0.2, 0) is 6.54 Å². The van der Waals surface area contributed by atoms with E-state index in [1.165, 1.54) is 5.56 Å². The van der Waals surface area contributed by atoms with Crippen molar-refractivity contribution in [1.29, 1.82) is 0 Å². The summed E-state index contributed by atoms with van der Waals surface area (Å²) < 4.78 is 10.6. The van der Waals surface area contributed by atoms with E-state index in [-0.39, 0.29) is 0 Å². The van der Waals surface area contributed by atoms with Gasteiger partial charge in [0, 0.05) is 23.6 Å². The van der Waals surface area contributed by atoms with Gasteiger partial charge in [0.2, 0.25) is 0 Å². The molecule has 0 amide bonds. The maximum atomic E-state index is 5.35. The first-order valence-corrected chi connectivity index (χ1v) is 7.87. The van der Waals surface area contributed by atoms with Crippen LogP contribution in [-0.4, -0.2) is 38.2 Å². The van der Waals surface area contributed by atoms with E-state index in [9.17, 15) is 0 Å². The third-order valence-electron chi connectivity index (χ3n) is 3.98. The number of rotatable bonds is 5. The van der Waals surface area contributed by atoms with E-state index in [1.807, 2.05) is 36.4 Å². The minimum absolute atomic E-state index is 0.817. The van der Waals surface area contributed by atoms with Crippen LogP contribution in [0.3, 0.4) is 0 Å². The zero-order chi connectivity index (χ0) is 17.1. The first kappa shape index (κ1) is 16.3. The molecule has 0 saturated carbocycles. The van der Waals surface area contributed by atoms with Gasteiger partial charge in [0.1, 0.15) is 11.5 Å². The Hall–Kier alpha value is -2.59. The molecule has 1 aromatic heterocycles. The molecule has 0 saturated heterocycles. The topological polar surface area (TPSA) is 34.6 Å². The Morgan fingerprint density at radius 3 is 2.17 bits per heavy atom. The maximum Gasteiger partial charge on any atom is 0.121 e. The summed E-state index contributed by atoms with van der Waals surface area (Å²) in [5.74, 6) is 1.66. The van der Waals surface area contributed by atoms with Gasteiger partial charge in [-0.15, -0.1) is 0 Å². The van der Waals surface area contributed by atoms with E-state index in [0.29, 0.717) is 0 Å². The molecule has 24 heavy (non-hydrogen) atoms. The Labute approximate surface area is 142 Å². The van der Waals surface area contributed by atoms with Gasteiger partial charge in [-0.25, -0.2) is 4.98 Å². The summed E-state index contributed by atoms with van der Waals surface area (Å²) in [7, 11) is 7.49. The number of hydrogen-bond acceptors (Lipinski definition) is 4. The fourth-order valence-corrected chi connectivity index (χ4v) is 2.79. The van der Waals surface area contributed by atoms with Gasteiger partial charge in [0.25, 0.3) is 0 Å². The quantitative estimate of drug-likeness (QED) is 0.711. The van der Waals surface area contributed by atoms with Gasteiger partial charge in [-0.05, 0) is 62.1 Å². The highest BCUT2D eigenvalue weighted by molar-refractivity contribution is 5.86. The zero-order valence-electron chi connectivity index (χ0n) is 14.5. The second-order valence-electron chi connectivity index (χ2n) is 6.02. The second-order valence-corrected chi connectivity index (χ2v) is 6.02. The maximum absolute atomic E-state index is 5.35. The average Bonchev–Trinajstić information content (AvgIpc) is 2.60. The minimum atomic E-state index is 0.817. The van der Waals surface area contributed by atoms with Gasteiger partial charge < -0.3 is 14.4 Å². The fraction of sp³-hybridized carbons (Fsp3) is 0.250. The standard InChI is InChI=1S/C20H22N2O2/c1-22(2)13-15-11-19(14-5-7-16(23-3)8-6-14)21-20-12-17(24-4)9-10-18(15)20/h5-12H,13H2,1-4H3. The number of pyridine rings is 1. The van der Waals surface area contributed by atoms with Crippen LogP contribution < -0.4 is 9.47 Å². The molecule has 0 bridgehead atoms. The molecule has 124 valence electrons. The highest BCUT2D eigenvalue weighted by Crippen LogP contribution is 2.29. The lowest BCUT2D eigenvalue weighted by molar-refractivity contribution is 0.404. The van der Waals surface area contributed by atoms with Crippen molar-refractivity contribution in [3.63, 3.8) is 0 Å². The first-order chi connectivity index (χ1) is 11.6. The van der Waals surface area contributed by atoms with Crippen LogP contribution in [0, 0.1) is 0 Å². The molecule has 0 aliphatic rings. The predicted molar refractivity (Wildman–Crippen MR) is 97.7 cm³/mol. The molecule has 4 heteroatoms. The van der Waals surface area contributed by atoms with Gasteiger partial charge in [-0.3, -0.25) is 0 Å². The van der Waals surface area contributed by atoms with Crippen molar-refractivity contribution in [2.45, 2.75) is 6.54 Å². The number of hydrogen-bond donors (Lipinski definition) is 0. The fourth-order valence-electron chi connectivity index (χ4n) is 2.79.